The predicted molar refractivity (Wildman–Crippen MR) is 228 cm³/mol. The maximum Gasteiger partial charge on any atom is 0.261 e. The van der Waals surface area contributed by atoms with E-state index in [4.69, 9.17) is 16.9 Å². The van der Waals surface area contributed by atoms with Crippen molar-refractivity contribution in [3.8, 4) is 6.07 Å². The van der Waals surface area contributed by atoms with E-state index in [2.05, 4.69) is 41.3 Å². The average Bonchev–Trinajstić information content (AvgIpc) is 3.26. The zero-order chi connectivity index (χ0) is 41.9. The number of nitriles is 1. The van der Waals surface area contributed by atoms with E-state index in [0.717, 1.165) is 113 Å². The Hall–Kier alpha value is -5.52. The van der Waals surface area contributed by atoms with Crippen LogP contribution in [0.2, 0.25) is 5.02 Å². The zero-order valence-corrected chi connectivity index (χ0v) is 34.7. The summed E-state index contributed by atoms with van der Waals surface area (Å²) in [6.07, 6.45) is 7.97. The molecule has 5 amide bonds. The standard InChI is InChI=1S/C44H54ClN9O5/c1-3-4-40(43(58)48-29-55)54(30-56)44(59)38-25-35(7-5-31(38)2)51-17-12-32(13-18-51)11-16-50-21-23-53(24-22-50)37-9-10-41(47-28-37)49-42(57)33-14-19-52(20-15-33)36-8-6-34(27-46)39(45)26-36/h5-10,25-26,28-30,32-33,40H,3-4,11-24H2,1-2H3,(H,47,49,57)(H,48,55,58). The van der Waals surface area contributed by atoms with Gasteiger partial charge >= 0.3 is 0 Å². The highest BCUT2D eigenvalue weighted by molar-refractivity contribution is 6.32. The number of imide groups is 2. The third kappa shape index (κ3) is 10.8. The number of amides is 5. The third-order valence-electron chi connectivity index (χ3n) is 12.1. The Labute approximate surface area is 351 Å². The summed E-state index contributed by atoms with van der Waals surface area (Å²) in [5, 5.41) is 14.7. The van der Waals surface area contributed by atoms with Crippen LogP contribution in [0.25, 0.3) is 0 Å². The zero-order valence-electron chi connectivity index (χ0n) is 33.9. The van der Waals surface area contributed by atoms with Crippen molar-refractivity contribution in [1.29, 1.82) is 5.26 Å². The molecule has 0 bridgehead atoms. The monoisotopic (exact) mass is 823 g/mol. The largest absolute Gasteiger partial charge is 0.371 e. The molecule has 3 saturated heterocycles. The molecule has 3 aliphatic rings. The molecule has 3 aromatic rings. The van der Waals surface area contributed by atoms with Crippen LogP contribution in [0.4, 0.5) is 22.9 Å². The van der Waals surface area contributed by atoms with Gasteiger partial charge in [0.2, 0.25) is 24.6 Å². The third-order valence-corrected chi connectivity index (χ3v) is 12.4. The molecule has 3 fully saturated rings. The molecule has 2 N–H and O–H groups in total. The van der Waals surface area contributed by atoms with E-state index in [1.165, 1.54) is 0 Å². The van der Waals surface area contributed by atoms with Gasteiger partial charge in [0, 0.05) is 75.2 Å². The van der Waals surface area contributed by atoms with Gasteiger partial charge in [0.25, 0.3) is 5.91 Å². The molecular formula is C44H54ClN9O5. The van der Waals surface area contributed by atoms with Crippen molar-refractivity contribution in [2.45, 2.75) is 64.8 Å². The predicted octanol–water partition coefficient (Wildman–Crippen LogP) is 5.24. The first-order valence-corrected chi connectivity index (χ1v) is 21.1. The molecule has 0 saturated carbocycles. The van der Waals surface area contributed by atoms with Crippen molar-refractivity contribution in [2.75, 3.05) is 78.9 Å². The van der Waals surface area contributed by atoms with Crippen molar-refractivity contribution >= 4 is 65.0 Å². The summed E-state index contributed by atoms with van der Waals surface area (Å²) in [5.41, 5.74) is 4.46. The van der Waals surface area contributed by atoms with E-state index in [1.54, 1.807) is 6.07 Å². The van der Waals surface area contributed by atoms with Crippen LogP contribution in [0.3, 0.4) is 0 Å². The number of anilines is 4. The Morgan fingerprint density at radius 2 is 1.54 bits per heavy atom. The molecule has 3 aliphatic heterocycles. The Balaban J connectivity index is 0.910. The second-order valence-corrected chi connectivity index (χ2v) is 16.1. The molecule has 14 nitrogen and oxygen atoms in total. The maximum absolute atomic E-state index is 13.6. The van der Waals surface area contributed by atoms with E-state index in [-0.39, 0.29) is 24.7 Å². The number of pyridine rings is 1. The summed E-state index contributed by atoms with van der Waals surface area (Å²) in [7, 11) is 0. The molecule has 59 heavy (non-hydrogen) atoms. The van der Waals surface area contributed by atoms with Gasteiger partial charge in [0.1, 0.15) is 17.9 Å². The molecule has 0 radical (unpaired) electrons. The Kier molecular flexibility index (Phi) is 14.9. The normalized spacial score (nSPS) is 17.2. The van der Waals surface area contributed by atoms with E-state index >= 15 is 0 Å². The number of aromatic nitrogens is 1. The first-order chi connectivity index (χ1) is 28.6. The molecule has 1 aromatic heterocycles. The molecule has 0 spiro atoms. The molecule has 1 atom stereocenters. The van der Waals surface area contributed by atoms with E-state index < -0.39 is 17.9 Å². The number of nitrogens with one attached hydrogen (secondary N) is 2. The number of halogens is 1. The van der Waals surface area contributed by atoms with Gasteiger partial charge in [-0.15, -0.1) is 0 Å². The summed E-state index contributed by atoms with van der Waals surface area (Å²) >= 11 is 6.23. The van der Waals surface area contributed by atoms with Gasteiger partial charge in [-0.3, -0.25) is 39.1 Å². The highest BCUT2D eigenvalue weighted by Crippen LogP contribution is 2.30. The van der Waals surface area contributed by atoms with Gasteiger partial charge < -0.3 is 20.0 Å². The van der Waals surface area contributed by atoms with Gasteiger partial charge in [-0.1, -0.05) is 31.0 Å². The van der Waals surface area contributed by atoms with E-state index in [1.807, 2.05) is 62.5 Å². The number of nitrogens with zero attached hydrogens (tertiary/aromatic N) is 7. The molecule has 2 aromatic carbocycles. The molecule has 6 rings (SSSR count). The van der Waals surface area contributed by atoms with Crippen LogP contribution in [-0.2, 0) is 19.2 Å². The van der Waals surface area contributed by atoms with E-state index in [0.29, 0.717) is 46.3 Å². The summed E-state index contributed by atoms with van der Waals surface area (Å²) in [6, 6.07) is 16.1. The average molecular weight is 824 g/mol. The minimum absolute atomic E-state index is 0.0113. The topological polar surface area (TPSA) is 162 Å². The summed E-state index contributed by atoms with van der Waals surface area (Å²) < 4.78 is 0. The Morgan fingerprint density at radius 3 is 2.15 bits per heavy atom. The van der Waals surface area contributed by atoms with Crippen LogP contribution in [0.5, 0.6) is 0 Å². The summed E-state index contributed by atoms with van der Waals surface area (Å²) in [6.45, 7) is 11.7. The number of piperazine rings is 1. The SMILES string of the molecule is CCCC(C(=O)NC=O)N(C=O)C(=O)c1cc(N2CCC(CCN3CCN(c4ccc(NC(=O)C5CCN(c6ccc(C#N)c(Cl)c6)CC5)nc4)CC3)CC2)ccc1C. The van der Waals surface area contributed by atoms with Crippen LogP contribution in [0.1, 0.15) is 73.4 Å². The lowest BCUT2D eigenvalue weighted by molar-refractivity contribution is -0.133. The lowest BCUT2D eigenvalue weighted by atomic mass is 9.92. The summed E-state index contributed by atoms with van der Waals surface area (Å²) in [5.74, 6) is -0.172. The van der Waals surface area contributed by atoms with Crippen molar-refractivity contribution < 1.29 is 24.0 Å². The lowest BCUT2D eigenvalue weighted by Crippen LogP contribution is -2.49. The van der Waals surface area contributed by atoms with Gasteiger partial charge in [-0.05, 0) is 106 Å². The molecule has 4 heterocycles. The Morgan fingerprint density at radius 1 is 0.898 bits per heavy atom. The Bertz CT molecular complexity index is 2000. The van der Waals surface area contributed by atoms with Crippen LogP contribution in [-0.4, -0.2) is 110 Å². The van der Waals surface area contributed by atoms with Crippen LogP contribution >= 0.6 is 11.6 Å². The first kappa shape index (κ1) is 43.1. The highest BCUT2D eigenvalue weighted by atomic mass is 35.5. The number of hydrogen-bond acceptors (Lipinski definition) is 11. The van der Waals surface area contributed by atoms with Gasteiger partial charge in [0.05, 0.1) is 22.5 Å². The number of carbonyl (C=O) groups excluding carboxylic acids is 5. The van der Waals surface area contributed by atoms with Crippen LogP contribution < -0.4 is 25.3 Å². The fourth-order valence-electron chi connectivity index (χ4n) is 8.40. The van der Waals surface area contributed by atoms with Gasteiger partial charge in [-0.25, -0.2) is 4.98 Å². The summed E-state index contributed by atoms with van der Waals surface area (Å²) in [4.78, 5) is 77.0. The number of benzene rings is 2. The van der Waals surface area contributed by atoms with Crippen molar-refractivity contribution in [3.63, 3.8) is 0 Å². The second kappa shape index (κ2) is 20.4. The number of hydrogen-bond donors (Lipinski definition) is 2. The number of rotatable bonds is 15. The minimum Gasteiger partial charge on any atom is -0.371 e. The highest BCUT2D eigenvalue weighted by Gasteiger charge is 2.31. The molecule has 0 aliphatic carbocycles. The molecular weight excluding hydrogens is 770 g/mol. The molecule has 312 valence electrons. The smallest absolute Gasteiger partial charge is 0.261 e. The first-order valence-electron chi connectivity index (χ1n) is 20.7. The fourth-order valence-corrected chi connectivity index (χ4v) is 8.62. The van der Waals surface area contributed by atoms with Crippen LogP contribution in [0.15, 0.2) is 54.7 Å². The molecule has 15 heteroatoms. The minimum atomic E-state index is -1.06. The lowest BCUT2D eigenvalue weighted by Gasteiger charge is -2.38. The fraction of sp³-hybridized carbons (Fsp3) is 0.477. The second-order valence-electron chi connectivity index (χ2n) is 15.7. The van der Waals surface area contributed by atoms with Crippen molar-refractivity contribution in [2.24, 2.45) is 11.8 Å². The van der Waals surface area contributed by atoms with Gasteiger partial charge in [-0.2, -0.15) is 5.26 Å². The number of piperidine rings is 2. The number of carbonyl (C=O) groups is 5. The molecule has 1 unspecified atom stereocenters. The van der Waals surface area contributed by atoms with Gasteiger partial charge in [0.15, 0.2) is 0 Å². The van der Waals surface area contributed by atoms with Crippen LogP contribution in [0, 0.1) is 30.1 Å². The van der Waals surface area contributed by atoms with E-state index in [9.17, 15) is 24.0 Å². The quantitative estimate of drug-likeness (QED) is 0.193. The maximum atomic E-state index is 13.6. The van der Waals surface area contributed by atoms with Crippen molar-refractivity contribution in [1.82, 2.24) is 20.1 Å². The van der Waals surface area contributed by atoms with Crippen molar-refractivity contribution in [3.05, 3.63) is 76.4 Å². The number of aryl methyl sites for hydroxylation is 1.